The molecule has 5 rings (SSSR count). The second-order valence-electron chi connectivity index (χ2n) is 9.06. The Hall–Kier alpha value is -4.54. The Morgan fingerprint density at radius 2 is 1.70 bits per heavy atom. The number of nitriles is 1. The molecule has 0 aliphatic heterocycles. The Labute approximate surface area is 216 Å². The number of rotatable bonds is 10. The maximum Gasteiger partial charge on any atom is 0.147 e. The molecule has 1 atom stereocenters. The Balaban J connectivity index is 1.36. The molecule has 7 heteroatoms. The molecule has 3 aromatic carbocycles. The van der Waals surface area contributed by atoms with Crippen molar-refractivity contribution in [1.29, 1.82) is 5.26 Å². The smallest absolute Gasteiger partial charge is 0.147 e. The summed E-state index contributed by atoms with van der Waals surface area (Å²) in [6.07, 6.45) is 1.76. The molecule has 0 spiro atoms. The number of fused-ring (bicyclic) bond motifs is 1. The first kappa shape index (κ1) is 24.2. The van der Waals surface area contributed by atoms with E-state index in [0.717, 1.165) is 33.7 Å². The summed E-state index contributed by atoms with van der Waals surface area (Å²) in [4.78, 5) is 7.22. The highest BCUT2D eigenvalue weighted by Crippen LogP contribution is 2.18. The van der Waals surface area contributed by atoms with Crippen molar-refractivity contribution in [3.63, 3.8) is 0 Å². The summed E-state index contributed by atoms with van der Waals surface area (Å²) in [6, 6.07) is 32.1. The molecule has 184 valence electrons. The first-order chi connectivity index (χ1) is 18.2. The minimum atomic E-state index is 0.0912. The first-order valence-corrected chi connectivity index (χ1v) is 12.3. The predicted molar refractivity (Wildman–Crippen MR) is 143 cm³/mol. The lowest BCUT2D eigenvalue weighted by Crippen LogP contribution is -2.37. The van der Waals surface area contributed by atoms with Crippen LogP contribution in [0.3, 0.4) is 0 Å². The monoisotopic (exact) mass is 488 g/mol. The van der Waals surface area contributed by atoms with Crippen LogP contribution in [-0.2, 0) is 19.6 Å². The molecule has 2 heterocycles. The van der Waals surface area contributed by atoms with Crippen molar-refractivity contribution in [2.24, 2.45) is 0 Å². The molecule has 0 fully saturated rings. The molecule has 0 radical (unpaired) electrons. The van der Waals surface area contributed by atoms with Gasteiger partial charge in [-0.05, 0) is 48.9 Å². The lowest BCUT2D eigenvalue weighted by molar-refractivity contribution is 0.127. The molecule has 5 aromatic rings. The highest BCUT2D eigenvalue weighted by atomic mass is 16.5. The van der Waals surface area contributed by atoms with Gasteiger partial charge in [0.2, 0.25) is 0 Å². The van der Waals surface area contributed by atoms with Crippen molar-refractivity contribution in [3.05, 3.63) is 120 Å². The molecule has 1 unspecified atom stereocenters. The van der Waals surface area contributed by atoms with Crippen LogP contribution in [0.2, 0.25) is 0 Å². The normalized spacial score (nSPS) is 11.9. The van der Waals surface area contributed by atoms with Gasteiger partial charge in [-0.1, -0.05) is 54.6 Å². The average Bonchev–Trinajstić information content (AvgIpc) is 3.38. The first-order valence-electron chi connectivity index (χ1n) is 12.3. The maximum absolute atomic E-state index is 9.08. The summed E-state index contributed by atoms with van der Waals surface area (Å²) in [5.41, 5.74) is 3.71. The van der Waals surface area contributed by atoms with E-state index >= 15 is 0 Å². The fraction of sp³-hybridized carbons (Fsp3) is 0.200. The maximum atomic E-state index is 9.08. The number of pyridine rings is 1. The molecular weight excluding hydrogens is 460 g/mol. The fourth-order valence-electron chi connectivity index (χ4n) is 4.21. The standard InChI is InChI=1S/C30H28N6O/c1-23(21-37-28-8-3-2-4-9-28)35(19-27-16-15-26-7-5-6-10-29(26)33-27)20-30-34-32-22-36(30)18-25-13-11-24(17-31)12-14-25/h2-16,22-23H,18-21H2,1H3. The van der Waals surface area contributed by atoms with Crippen molar-refractivity contribution in [2.45, 2.75) is 32.6 Å². The van der Waals surface area contributed by atoms with Gasteiger partial charge in [-0.15, -0.1) is 10.2 Å². The molecular formula is C30H28N6O. The number of aromatic nitrogens is 4. The zero-order chi connectivity index (χ0) is 25.5. The SMILES string of the molecule is CC(COc1ccccc1)N(Cc1ccc2ccccc2n1)Cc1nncn1Cc1ccc(C#N)cc1. The Bertz CT molecular complexity index is 1490. The van der Waals surface area contributed by atoms with Gasteiger partial charge >= 0.3 is 0 Å². The Morgan fingerprint density at radius 3 is 2.51 bits per heavy atom. The molecule has 0 aliphatic carbocycles. The molecule has 0 bridgehead atoms. The second-order valence-corrected chi connectivity index (χ2v) is 9.06. The van der Waals surface area contributed by atoms with E-state index in [-0.39, 0.29) is 6.04 Å². The van der Waals surface area contributed by atoms with Crippen LogP contribution in [-0.4, -0.2) is 37.3 Å². The van der Waals surface area contributed by atoms with Crippen molar-refractivity contribution in [2.75, 3.05) is 6.61 Å². The highest BCUT2D eigenvalue weighted by Gasteiger charge is 2.20. The summed E-state index contributed by atoms with van der Waals surface area (Å²) in [6.45, 7) is 4.55. The van der Waals surface area contributed by atoms with E-state index in [9.17, 15) is 0 Å². The van der Waals surface area contributed by atoms with Crippen LogP contribution < -0.4 is 4.74 Å². The van der Waals surface area contributed by atoms with E-state index in [2.05, 4.69) is 46.3 Å². The number of hydrogen-bond acceptors (Lipinski definition) is 6. The second kappa shape index (κ2) is 11.5. The van der Waals surface area contributed by atoms with Crippen molar-refractivity contribution in [3.8, 4) is 11.8 Å². The molecule has 0 saturated heterocycles. The van der Waals surface area contributed by atoms with E-state index in [4.69, 9.17) is 15.0 Å². The number of ether oxygens (including phenoxy) is 1. The molecule has 2 aromatic heterocycles. The van der Waals surface area contributed by atoms with Crippen LogP contribution >= 0.6 is 0 Å². The van der Waals surface area contributed by atoms with Crippen LogP contribution in [0.25, 0.3) is 10.9 Å². The summed E-state index contributed by atoms with van der Waals surface area (Å²) in [7, 11) is 0. The van der Waals surface area contributed by atoms with Gasteiger partial charge < -0.3 is 9.30 Å². The summed E-state index contributed by atoms with van der Waals surface area (Å²) in [5, 5.41) is 18.8. The largest absolute Gasteiger partial charge is 0.492 e. The molecule has 0 N–H and O–H groups in total. The number of para-hydroxylation sites is 2. The molecule has 0 aliphatic rings. The third-order valence-corrected chi connectivity index (χ3v) is 6.36. The van der Waals surface area contributed by atoms with Gasteiger partial charge in [0, 0.05) is 18.0 Å². The van der Waals surface area contributed by atoms with E-state index in [1.54, 1.807) is 6.33 Å². The minimum absolute atomic E-state index is 0.0912. The van der Waals surface area contributed by atoms with E-state index in [0.29, 0.717) is 31.8 Å². The molecule has 37 heavy (non-hydrogen) atoms. The van der Waals surface area contributed by atoms with Crippen LogP contribution in [0.5, 0.6) is 5.75 Å². The Kier molecular flexibility index (Phi) is 7.49. The average molecular weight is 489 g/mol. The number of benzene rings is 3. The lowest BCUT2D eigenvalue weighted by Gasteiger charge is -2.28. The molecule has 7 nitrogen and oxygen atoms in total. The van der Waals surface area contributed by atoms with Crippen LogP contribution in [0, 0.1) is 11.3 Å². The van der Waals surface area contributed by atoms with Crippen LogP contribution in [0.15, 0.2) is 97.3 Å². The minimum Gasteiger partial charge on any atom is -0.492 e. The third kappa shape index (κ3) is 6.18. The van der Waals surface area contributed by atoms with Gasteiger partial charge in [-0.2, -0.15) is 5.26 Å². The third-order valence-electron chi connectivity index (χ3n) is 6.36. The molecule has 0 saturated carbocycles. The zero-order valence-corrected chi connectivity index (χ0v) is 20.7. The Morgan fingerprint density at radius 1 is 0.919 bits per heavy atom. The van der Waals surface area contributed by atoms with Gasteiger partial charge in [0.25, 0.3) is 0 Å². The summed E-state index contributed by atoms with van der Waals surface area (Å²) in [5.74, 6) is 1.71. The van der Waals surface area contributed by atoms with Gasteiger partial charge in [-0.3, -0.25) is 9.88 Å². The number of hydrogen-bond donors (Lipinski definition) is 0. The fourth-order valence-corrected chi connectivity index (χ4v) is 4.21. The van der Waals surface area contributed by atoms with Crippen LogP contribution in [0.4, 0.5) is 0 Å². The van der Waals surface area contributed by atoms with Crippen molar-refractivity contribution in [1.82, 2.24) is 24.6 Å². The van der Waals surface area contributed by atoms with Gasteiger partial charge in [-0.25, -0.2) is 0 Å². The van der Waals surface area contributed by atoms with Crippen molar-refractivity contribution >= 4 is 10.9 Å². The number of nitrogens with zero attached hydrogens (tertiary/aromatic N) is 6. The highest BCUT2D eigenvalue weighted by molar-refractivity contribution is 5.78. The van der Waals surface area contributed by atoms with Crippen LogP contribution in [0.1, 0.15) is 29.6 Å². The van der Waals surface area contributed by atoms with Crippen molar-refractivity contribution < 1.29 is 4.74 Å². The zero-order valence-electron chi connectivity index (χ0n) is 20.7. The van der Waals surface area contributed by atoms with E-state index in [1.165, 1.54) is 0 Å². The van der Waals surface area contributed by atoms with E-state index in [1.807, 2.05) is 77.4 Å². The van der Waals surface area contributed by atoms with Gasteiger partial charge in [0.05, 0.1) is 35.9 Å². The summed E-state index contributed by atoms with van der Waals surface area (Å²) < 4.78 is 8.14. The predicted octanol–water partition coefficient (Wildman–Crippen LogP) is 5.22. The van der Waals surface area contributed by atoms with Gasteiger partial charge in [0.1, 0.15) is 24.5 Å². The van der Waals surface area contributed by atoms with E-state index < -0.39 is 0 Å². The quantitative estimate of drug-likeness (QED) is 0.268. The molecule has 0 amide bonds. The lowest BCUT2D eigenvalue weighted by atomic mass is 10.1. The summed E-state index contributed by atoms with van der Waals surface area (Å²) >= 11 is 0. The van der Waals surface area contributed by atoms with Gasteiger partial charge in [0.15, 0.2) is 0 Å². The topological polar surface area (TPSA) is 79.9 Å².